The smallest absolute Gasteiger partial charge is 0.322 e. The number of nitrogens with zero attached hydrogens (tertiary/aromatic N) is 6. The van der Waals surface area contributed by atoms with Crippen LogP contribution in [-0.4, -0.2) is 62.2 Å². The molecule has 0 atom stereocenters. The van der Waals surface area contributed by atoms with Gasteiger partial charge in [0.25, 0.3) is 0 Å². The summed E-state index contributed by atoms with van der Waals surface area (Å²) in [5, 5.41) is 14.3. The predicted molar refractivity (Wildman–Crippen MR) is 101 cm³/mol. The SMILES string of the molecule is O=C(Nc1ccccc1F)N1CCN(Cc2nnnn2-c2cccc(F)c2)CC1. The maximum Gasteiger partial charge on any atom is 0.322 e. The van der Waals surface area contributed by atoms with E-state index in [2.05, 4.69) is 25.7 Å². The van der Waals surface area contributed by atoms with E-state index in [0.717, 1.165) is 0 Å². The van der Waals surface area contributed by atoms with Gasteiger partial charge < -0.3 is 10.2 Å². The molecule has 0 radical (unpaired) electrons. The minimum atomic E-state index is -0.469. The molecule has 0 spiro atoms. The lowest BCUT2D eigenvalue weighted by Gasteiger charge is -2.34. The summed E-state index contributed by atoms with van der Waals surface area (Å²) in [6.07, 6.45) is 0. The minimum Gasteiger partial charge on any atom is -0.322 e. The van der Waals surface area contributed by atoms with E-state index in [4.69, 9.17) is 0 Å². The van der Waals surface area contributed by atoms with Gasteiger partial charge in [-0.25, -0.2) is 13.6 Å². The van der Waals surface area contributed by atoms with Crippen LogP contribution in [0.3, 0.4) is 0 Å². The molecule has 2 heterocycles. The Kier molecular flexibility index (Phi) is 5.43. The number of benzene rings is 2. The van der Waals surface area contributed by atoms with Crippen LogP contribution in [0.4, 0.5) is 19.3 Å². The van der Waals surface area contributed by atoms with E-state index in [-0.39, 0.29) is 17.5 Å². The number of carbonyl (C=O) groups is 1. The van der Waals surface area contributed by atoms with Gasteiger partial charge in [-0.2, -0.15) is 4.68 Å². The Morgan fingerprint density at radius 3 is 2.59 bits per heavy atom. The van der Waals surface area contributed by atoms with E-state index in [0.29, 0.717) is 44.2 Å². The van der Waals surface area contributed by atoms with Crippen molar-refractivity contribution < 1.29 is 13.6 Å². The van der Waals surface area contributed by atoms with Gasteiger partial charge in [-0.1, -0.05) is 18.2 Å². The quantitative estimate of drug-likeness (QED) is 0.728. The van der Waals surface area contributed by atoms with Crippen molar-refractivity contribution in [1.29, 1.82) is 0 Å². The van der Waals surface area contributed by atoms with Gasteiger partial charge in [0.15, 0.2) is 5.82 Å². The van der Waals surface area contributed by atoms with Crippen LogP contribution in [0, 0.1) is 11.6 Å². The van der Waals surface area contributed by atoms with Crippen LogP contribution < -0.4 is 5.32 Å². The number of aromatic nitrogens is 4. The van der Waals surface area contributed by atoms with E-state index in [9.17, 15) is 13.6 Å². The first kappa shape index (κ1) is 18.9. The van der Waals surface area contributed by atoms with Crippen molar-refractivity contribution in [2.75, 3.05) is 31.5 Å². The lowest BCUT2D eigenvalue weighted by atomic mass is 10.3. The first-order valence-electron chi connectivity index (χ1n) is 9.16. The highest BCUT2D eigenvalue weighted by molar-refractivity contribution is 5.89. The van der Waals surface area contributed by atoms with Crippen molar-refractivity contribution in [3.8, 4) is 5.69 Å². The maximum absolute atomic E-state index is 13.7. The Morgan fingerprint density at radius 2 is 1.83 bits per heavy atom. The summed E-state index contributed by atoms with van der Waals surface area (Å²) in [7, 11) is 0. The number of hydrogen-bond donors (Lipinski definition) is 1. The third-order valence-electron chi connectivity index (χ3n) is 4.73. The lowest BCUT2D eigenvalue weighted by Crippen LogP contribution is -2.49. The predicted octanol–water partition coefficient (Wildman–Crippen LogP) is 2.29. The summed E-state index contributed by atoms with van der Waals surface area (Å²) in [5.74, 6) is -0.248. The molecular weight excluding hydrogens is 380 g/mol. The van der Waals surface area contributed by atoms with Crippen molar-refractivity contribution >= 4 is 11.7 Å². The van der Waals surface area contributed by atoms with E-state index >= 15 is 0 Å². The number of hydrogen-bond acceptors (Lipinski definition) is 5. The molecular formula is C19H19F2N7O. The molecule has 1 aromatic heterocycles. The number of piperazine rings is 1. The Bertz CT molecular complexity index is 1000. The number of amides is 2. The van der Waals surface area contributed by atoms with Crippen LogP contribution in [0.5, 0.6) is 0 Å². The van der Waals surface area contributed by atoms with Crippen molar-refractivity contribution in [3.63, 3.8) is 0 Å². The van der Waals surface area contributed by atoms with Gasteiger partial charge in [-0.05, 0) is 40.8 Å². The molecule has 1 aliphatic heterocycles. The Labute approximate surface area is 165 Å². The first-order valence-corrected chi connectivity index (χ1v) is 9.16. The maximum atomic E-state index is 13.7. The molecule has 2 aromatic carbocycles. The fraction of sp³-hybridized carbons (Fsp3) is 0.263. The summed E-state index contributed by atoms with van der Waals surface area (Å²) in [4.78, 5) is 16.1. The van der Waals surface area contributed by atoms with Gasteiger partial charge in [-0.3, -0.25) is 4.90 Å². The van der Waals surface area contributed by atoms with Crippen molar-refractivity contribution in [2.24, 2.45) is 0 Å². The number of halogens is 2. The average Bonchev–Trinajstić information content (AvgIpc) is 3.18. The molecule has 150 valence electrons. The zero-order valence-corrected chi connectivity index (χ0v) is 15.5. The van der Waals surface area contributed by atoms with E-state index in [1.165, 1.54) is 28.9 Å². The van der Waals surface area contributed by atoms with Crippen LogP contribution in [-0.2, 0) is 6.54 Å². The van der Waals surface area contributed by atoms with Crippen LogP contribution in [0.2, 0.25) is 0 Å². The molecule has 1 saturated heterocycles. The molecule has 1 N–H and O–H groups in total. The molecule has 0 aliphatic carbocycles. The van der Waals surface area contributed by atoms with Crippen LogP contribution in [0.15, 0.2) is 48.5 Å². The standard InChI is InChI=1S/C19H19F2N7O/c20-14-4-3-5-15(12-14)28-18(23-24-25-28)13-26-8-10-27(11-9-26)19(29)22-17-7-2-1-6-16(17)21/h1-7,12H,8-11,13H2,(H,22,29). The topological polar surface area (TPSA) is 79.2 Å². The number of anilines is 1. The van der Waals surface area contributed by atoms with Crippen molar-refractivity contribution in [1.82, 2.24) is 30.0 Å². The van der Waals surface area contributed by atoms with Gasteiger partial charge in [0, 0.05) is 26.2 Å². The second-order valence-corrected chi connectivity index (χ2v) is 6.66. The molecule has 1 fully saturated rings. The van der Waals surface area contributed by atoms with E-state index in [1.54, 1.807) is 29.2 Å². The molecule has 1 aliphatic rings. The molecule has 10 heteroatoms. The normalized spacial score (nSPS) is 14.8. The van der Waals surface area contributed by atoms with Crippen molar-refractivity contribution in [3.05, 3.63) is 66.0 Å². The number of carbonyl (C=O) groups excluding carboxylic acids is 1. The van der Waals surface area contributed by atoms with Crippen LogP contribution in [0.25, 0.3) is 5.69 Å². The summed E-state index contributed by atoms with van der Waals surface area (Å²) in [6.45, 7) is 2.66. The monoisotopic (exact) mass is 399 g/mol. The lowest BCUT2D eigenvalue weighted by molar-refractivity contribution is 0.140. The van der Waals surface area contributed by atoms with Gasteiger partial charge >= 0.3 is 6.03 Å². The Hall–Kier alpha value is -3.40. The highest BCUT2D eigenvalue weighted by Gasteiger charge is 2.23. The third kappa shape index (κ3) is 4.37. The van der Waals surface area contributed by atoms with Gasteiger partial charge in [0.1, 0.15) is 11.6 Å². The number of nitrogens with one attached hydrogen (secondary N) is 1. The second kappa shape index (κ2) is 8.31. The van der Waals surface area contributed by atoms with Gasteiger partial charge in [0.2, 0.25) is 0 Å². The molecule has 29 heavy (non-hydrogen) atoms. The van der Waals surface area contributed by atoms with Gasteiger partial charge in [-0.15, -0.1) is 5.10 Å². The highest BCUT2D eigenvalue weighted by atomic mass is 19.1. The molecule has 3 aromatic rings. The zero-order chi connectivity index (χ0) is 20.2. The molecule has 4 rings (SSSR count). The van der Waals surface area contributed by atoms with E-state index in [1.807, 2.05) is 0 Å². The zero-order valence-electron chi connectivity index (χ0n) is 15.5. The summed E-state index contributed by atoms with van der Waals surface area (Å²) in [6, 6.07) is 11.8. The Balaban J connectivity index is 1.35. The summed E-state index contributed by atoms with van der Waals surface area (Å²) < 4.78 is 28.7. The summed E-state index contributed by atoms with van der Waals surface area (Å²) in [5.41, 5.74) is 0.710. The number of para-hydroxylation sites is 1. The van der Waals surface area contributed by atoms with Crippen molar-refractivity contribution in [2.45, 2.75) is 6.54 Å². The van der Waals surface area contributed by atoms with Gasteiger partial charge in [0.05, 0.1) is 17.9 Å². The minimum absolute atomic E-state index is 0.161. The Morgan fingerprint density at radius 1 is 1.03 bits per heavy atom. The first-order chi connectivity index (χ1) is 14.1. The number of urea groups is 1. The number of rotatable bonds is 4. The molecule has 8 nitrogen and oxygen atoms in total. The van der Waals surface area contributed by atoms with Crippen LogP contribution >= 0.6 is 0 Å². The second-order valence-electron chi connectivity index (χ2n) is 6.66. The molecule has 0 bridgehead atoms. The van der Waals surface area contributed by atoms with Crippen LogP contribution in [0.1, 0.15) is 5.82 Å². The fourth-order valence-corrected chi connectivity index (χ4v) is 3.18. The molecule has 2 amide bonds. The fourth-order valence-electron chi connectivity index (χ4n) is 3.18. The number of tetrazole rings is 1. The molecule has 0 saturated carbocycles. The highest BCUT2D eigenvalue weighted by Crippen LogP contribution is 2.15. The molecule has 0 unspecified atom stereocenters. The summed E-state index contributed by atoms with van der Waals surface area (Å²) >= 11 is 0. The largest absolute Gasteiger partial charge is 0.322 e. The third-order valence-corrected chi connectivity index (χ3v) is 4.73. The average molecular weight is 399 g/mol. The van der Waals surface area contributed by atoms with E-state index < -0.39 is 5.82 Å².